The Morgan fingerprint density at radius 1 is 0.816 bits per heavy atom. The number of carbonyl (C=O) groups excluding carboxylic acids is 2. The Labute approximate surface area is 303 Å². The zero-order valence-corrected chi connectivity index (χ0v) is 30.1. The molecular formula is C37H38Cl3N3O5S. The summed E-state index contributed by atoms with van der Waals surface area (Å²) in [4.78, 5) is 30.4. The zero-order valence-electron chi connectivity index (χ0n) is 27.0. The maximum atomic E-state index is 14.7. The number of rotatable bonds is 13. The molecule has 12 heteroatoms. The highest BCUT2D eigenvalue weighted by Gasteiger charge is 2.35. The Kier molecular flexibility index (Phi) is 12.5. The van der Waals surface area contributed by atoms with Gasteiger partial charge in [-0.3, -0.25) is 13.9 Å². The summed E-state index contributed by atoms with van der Waals surface area (Å²) in [5, 5.41) is 4.00. The highest BCUT2D eigenvalue weighted by Crippen LogP contribution is 2.33. The fourth-order valence-corrected chi connectivity index (χ4v) is 7.99. The second-order valence-corrected chi connectivity index (χ2v) is 15.0. The minimum atomic E-state index is -4.28. The van der Waals surface area contributed by atoms with E-state index in [1.54, 1.807) is 42.5 Å². The Morgan fingerprint density at radius 2 is 1.49 bits per heavy atom. The van der Waals surface area contributed by atoms with Gasteiger partial charge in [-0.25, -0.2) is 8.42 Å². The Bertz CT molecular complexity index is 1860. The number of hydrogen-bond acceptors (Lipinski definition) is 5. The maximum Gasteiger partial charge on any atom is 0.264 e. The summed E-state index contributed by atoms with van der Waals surface area (Å²) in [5.74, 6) is -0.566. The molecule has 0 spiro atoms. The molecule has 0 aliphatic heterocycles. The number of nitrogens with zero attached hydrogens (tertiary/aromatic N) is 2. The van der Waals surface area contributed by atoms with Crippen molar-refractivity contribution >= 4 is 62.3 Å². The summed E-state index contributed by atoms with van der Waals surface area (Å²) in [6.45, 7) is -0.656. The lowest BCUT2D eigenvalue weighted by molar-refractivity contribution is -0.140. The van der Waals surface area contributed by atoms with E-state index in [1.165, 1.54) is 36.3 Å². The average molecular weight is 743 g/mol. The van der Waals surface area contributed by atoms with Gasteiger partial charge < -0.3 is 15.0 Å². The number of carbonyl (C=O) groups is 2. The van der Waals surface area contributed by atoms with Gasteiger partial charge in [-0.05, 0) is 66.4 Å². The lowest BCUT2D eigenvalue weighted by Gasteiger charge is -2.35. The van der Waals surface area contributed by atoms with Crippen LogP contribution in [0.4, 0.5) is 5.69 Å². The Balaban J connectivity index is 1.59. The highest BCUT2D eigenvalue weighted by molar-refractivity contribution is 7.92. The first kappa shape index (κ1) is 36.5. The van der Waals surface area contributed by atoms with Crippen LogP contribution in [0.3, 0.4) is 0 Å². The molecule has 1 saturated carbocycles. The fraction of sp³-hybridized carbons (Fsp3) is 0.297. The number of nitrogens with one attached hydrogen (secondary N) is 1. The third-order valence-corrected chi connectivity index (χ3v) is 11.4. The van der Waals surface area contributed by atoms with E-state index < -0.39 is 28.5 Å². The minimum Gasteiger partial charge on any atom is -0.495 e. The summed E-state index contributed by atoms with van der Waals surface area (Å²) in [5.41, 5.74) is 1.62. The molecule has 1 N–H and O–H groups in total. The van der Waals surface area contributed by atoms with Crippen LogP contribution in [0.1, 0.15) is 43.2 Å². The lowest BCUT2D eigenvalue weighted by Crippen LogP contribution is -2.55. The number of anilines is 1. The van der Waals surface area contributed by atoms with Crippen molar-refractivity contribution in [3.05, 3.63) is 123 Å². The molecule has 0 bridgehead atoms. The van der Waals surface area contributed by atoms with E-state index >= 15 is 0 Å². The molecular weight excluding hydrogens is 705 g/mol. The number of halogens is 3. The number of sulfonamides is 1. The molecule has 5 rings (SSSR count). The van der Waals surface area contributed by atoms with Crippen LogP contribution in [0.15, 0.2) is 102 Å². The molecule has 4 aromatic rings. The van der Waals surface area contributed by atoms with E-state index in [-0.39, 0.29) is 40.5 Å². The van der Waals surface area contributed by atoms with Gasteiger partial charge in [0, 0.05) is 19.0 Å². The maximum absolute atomic E-state index is 14.7. The van der Waals surface area contributed by atoms with Crippen molar-refractivity contribution in [1.82, 2.24) is 10.2 Å². The second-order valence-electron chi connectivity index (χ2n) is 12.0. The third-order valence-electron chi connectivity index (χ3n) is 8.59. The van der Waals surface area contributed by atoms with Gasteiger partial charge in [-0.1, -0.05) is 109 Å². The van der Waals surface area contributed by atoms with Crippen molar-refractivity contribution in [3.8, 4) is 5.75 Å². The van der Waals surface area contributed by atoms with Crippen molar-refractivity contribution in [1.29, 1.82) is 0 Å². The lowest BCUT2D eigenvalue weighted by atomic mass is 9.94. The fourth-order valence-electron chi connectivity index (χ4n) is 5.99. The molecule has 0 unspecified atom stereocenters. The van der Waals surface area contributed by atoms with Crippen LogP contribution in [-0.2, 0) is 32.6 Å². The quantitative estimate of drug-likeness (QED) is 0.150. The van der Waals surface area contributed by atoms with E-state index in [2.05, 4.69) is 5.32 Å². The molecule has 0 heterocycles. The van der Waals surface area contributed by atoms with E-state index in [9.17, 15) is 18.0 Å². The molecule has 258 valence electrons. The predicted molar refractivity (Wildman–Crippen MR) is 195 cm³/mol. The SMILES string of the molecule is COc1ccc(N(CC(=O)N(Cc2ccc(Cl)c(Cl)c2)[C@H](Cc2ccccc2)C(=O)NC2CCCCC2)S(=O)(=O)c2ccccc2)cc1Cl. The monoisotopic (exact) mass is 741 g/mol. The first-order valence-corrected chi connectivity index (χ1v) is 18.6. The molecule has 0 saturated heterocycles. The van der Waals surface area contributed by atoms with Gasteiger partial charge in [-0.2, -0.15) is 0 Å². The number of amides is 2. The Hall–Kier alpha value is -3.76. The smallest absolute Gasteiger partial charge is 0.264 e. The van der Waals surface area contributed by atoms with E-state index in [4.69, 9.17) is 39.5 Å². The second kappa shape index (κ2) is 16.8. The van der Waals surface area contributed by atoms with Crippen LogP contribution in [0.25, 0.3) is 0 Å². The first-order valence-electron chi connectivity index (χ1n) is 16.1. The normalized spacial score (nSPS) is 14.1. The molecule has 4 aromatic carbocycles. The largest absolute Gasteiger partial charge is 0.495 e. The van der Waals surface area contributed by atoms with Crippen molar-refractivity contribution in [3.63, 3.8) is 0 Å². The molecule has 1 fully saturated rings. The molecule has 1 aliphatic rings. The summed E-state index contributed by atoms with van der Waals surface area (Å²) >= 11 is 19.1. The van der Waals surface area contributed by atoms with Crippen molar-refractivity contribution < 1.29 is 22.7 Å². The van der Waals surface area contributed by atoms with Crippen LogP contribution in [0, 0.1) is 0 Å². The molecule has 1 aliphatic carbocycles. The van der Waals surface area contributed by atoms with Crippen LogP contribution < -0.4 is 14.4 Å². The predicted octanol–water partition coefficient (Wildman–Crippen LogP) is 7.94. The van der Waals surface area contributed by atoms with Crippen LogP contribution in [0.5, 0.6) is 5.75 Å². The topological polar surface area (TPSA) is 96.0 Å². The van der Waals surface area contributed by atoms with Crippen molar-refractivity contribution in [2.24, 2.45) is 0 Å². The van der Waals surface area contributed by atoms with Gasteiger partial charge in [-0.15, -0.1) is 0 Å². The number of ether oxygens (including phenoxy) is 1. The standard InChI is InChI=1S/C37H38Cl3N3O5S/c1-48-35-20-18-29(23-33(35)40)43(49(46,47)30-15-9-4-10-16-30)25-36(44)42(24-27-17-19-31(38)32(39)21-27)34(22-26-11-5-2-6-12-26)37(45)41-28-13-7-3-8-14-28/h2,4-6,9-12,15-21,23,28,34H,3,7-8,13-14,22,24-25H2,1H3,(H,41,45)/t34-/m1/s1. The third kappa shape index (κ3) is 9.28. The van der Waals surface area contributed by atoms with Gasteiger partial charge >= 0.3 is 0 Å². The van der Waals surface area contributed by atoms with Crippen LogP contribution >= 0.6 is 34.8 Å². The first-order chi connectivity index (χ1) is 23.6. The van der Waals surface area contributed by atoms with Gasteiger partial charge in [0.15, 0.2) is 0 Å². The number of methoxy groups -OCH3 is 1. The summed E-state index contributed by atoms with van der Waals surface area (Å²) < 4.78 is 34.7. The minimum absolute atomic E-state index is 0.0124. The molecule has 1 atom stereocenters. The zero-order chi connectivity index (χ0) is 35.0. The molecule has 0 aromatic heterocycles. The van der Waals surface area contributed by atoms with Gasteiger partial charge in [0.2, 0.25) is 11.8 Å². The Morgan fingerprint density at radius 3 is 2.12 bits per heavy atom. The van der Waals surface area contributed by atoms with E-state index in [0.29, 0.717) is 21.4 Å². The summed E-state index contributed by atoms with van der Waals surface area (Å²) in [6, 6.07) is 25.8. The number of benzene rings is 4. The van der Waals surface area contributed by atoms with E-state index in [1.807, 2.05) is 30.3 Å². The van der Waals surface area contributed by atoms with Gasteiger partial charge in [0.25, 0.3) is 10.0 Å². The molecule has 8 nitrogen and oxygen atoms in total. The molecule has 2 amide bonds. The van der Waals surface area contributed by atoms with Gasteiger partial charge in [0.1, 0.15) is 18.3 Å². The average Bonchev–Trinajstić information content (AvgIpc) is 3.11. The molecule has 49 heavy (non-hydrogen) atoms. The van der Waals surface area contributed by atoms with Crippen molar-refractivity contribution in [2.75, 3.05) is 18.0 Å². The summed E-state index contributed by atoms with van der Waals surface area (Å²) in [6.07, 6.45) is 5.04. The van der Waals surface area contributed by atoms with Crippen LogP contribution in [0.2, 0.25) is 15.1 Å². The number of hydrogen-bond donors (Lipinski definition) is 1. The van der Waals surface area contributed by atoms with Gasteiger partial charge in [0.05, 0.1) is 32.8 Å². The summed E-state index contributed by atoms with van der Waals surface area (Å²) in [7, 11) is -2.83. The van der Waals surface area contributed by atoms with E-state index in [0.717, 1.165) is 42.0 Å². The van der Waals surface area contributed by atoms with Crippen LogP contribution in [-0.4, -0.2) is 50.9 Å². The molecule has 0 radical (unpaired) electrons. The van der Waals surface area contributed by atoms with Crippen molar-refractivity contribution in [2.45, 2.75) is 62.0 Å². The highest BCUT2D eigenvalue weighted by atomic mass is 35.5.